The molecule has 0 saturated carbocycles. The molecule has 1 aromatic carbocycles. The van der Waals surface area contributed by atoms with Crippen LogP contribution in [-0.2, 0) is 12.8 Å². The molecule has 0 aliphatic heterocycles. The van der Waals surface area contributed by atoms with Gasteiger partial charge < -0.3 is 10.3 Å². The predicted molar refractivity (Wildman–Crippen MR) is 73.2 cm³/mol. The number of benzene rings is 1. The number of hydrogen-bond donors (Lipinski definition) is 1. The fourth-order valence-corrected chi connectivity index (χ4v) is 1.87. The van der Waals surface area contributed by atoms with E-state index < -0.39 is 0 Å². The molecule has 0 bridgehead atoms. The largest absolute Gasteiger partial charge is 0.339 e. The van der Waals surface area contributed by atoms with Crippen LogP contribution in [0.15, 0.2) is 33.3 Å². The van der Waals surface area contributed by atoms with Crippen LogP contribution >= 0.6 is 15.9 Å². The highest BCUT2D eigenvalue weighted by atomic mass is 79.9. The van der Waals surface area contributed by atoms with Crippen LogP contribution in [0.1, 0.15) is 31.1 Å². The quantitative estimate of drug-likeness (QED) is 0.943. The third-order valence-electron chi connectivity index (χ3n) is 2.39. The van der Waals surface area contributed by atoms with Crippen molar-refractivity contribution in [3.8, 4) is 0 Å². The van der Waals surface area contributed by atoms with E-state index in [4.69, 9.17) is 10.3 Å². The first-order valence-corrected chi connectivity index (χ1v) is 6.56. The topological polar surface area (TPSA) is 64.9 Å². The Balaban J connectivity index is 2.04. The molecular formula is C13H16BrN3O. The average molecular weight is 310 g/mol. The molecule has 1 aromatic heterocycles. The second-order valence-electron chi connectivity index (χ2n) is 5.07. The van der Waals surface area contributed by atoms with E-state index in [0.717, 1.165) is 10.0 Å². The van der Waals surface area contributed by atoms with Crippen molar-refractivity contribution in [2.75, 3.05) is 0 Å². The minimum atomic E-state index is -0.332. The van der Waals surface area contributed by atoms with Crippen molar-refractivity contribution in [3.05, 3.63) is 46.0 Å². The summed E-state index contributed by atoms with van der Waals surface area (Å²) in [5.74, 6) is 1.28. The van der Waals surface area contributed by atoms with Crippen LogP contribution < -0.4 is 5.73 Å². The lowest BCUT2D eigenvalue weighted by atomic mass is 10.0. The molecule has 2 N–H and O–H groups in total. The van der Waals surface area contributed by atoms with Crippen molar-refractivity contribution >= 4 is 15.9 Å². The van der Waals surface area contributed by atoms with Gasteiger partial charge in [0.25, 0.3) is 0 Å². The van der Waals surface area contributed by atoms with E-state index >= 15 is 0 Å². The smallest absolute Gasteiger partial charge is 0.228 e. The van der Waals surface area contributed by atoms with Gasteiger partial charge in [0.1, 0.15) is 0 Å². The first-order chi connectivity index (χ1) is 8.42. The lowest BCUT2D eigenvalue weighted by Crippen LogP contribution is -2.34. The van der Waals surface area contributed by atoms with Gasteiger partial charge in [-0.25, -0.2) is 0 Å². The van der Waals surface area contributed by atoms with Gasteiger partial charge in [-0.15, -0.1) is 0 Å². The molecule has 0 spiro atoms. The molecule has 2 aromatic rings. The minimum absolute atomic E-state index is 0.332. The summed E-state index contributed by atoms with van der Waals surface area (Å²) in [6.07, 6.45) is 1.25. The van der Waals surface area contributed by atoms with E-state index in [0.29, 0.717) is 24.6 Å². The maximum absolute atomic E-state index is 5.91. The van der Waals surface area contributed by atoms with Gasteiger partial charge in [0.2, 0.25) is 5.89 Å². The second-order valence-corrected chi connectivity index (χ2v) is 5.99. The predicted octanol–water partition coefficient (Wildman–Crippen LogP) is 2.70. The average Bonchev–Trinajstić information content (AvgIpc) is 2.66. The number of aromatic nitrogens is 2. The van der Waals surface area contributed by atoms with Crippen LogP contribution in [0.25, 0.3) is 0 Å². The van der Waals surface area contributed by atoms with E-state index in [1.807, 2.05) is 38.1 Å². The minimum Gasteiger partial charge on any atom is -0.339 e. The zero-order valence-electron chi connectivity index (χ0n) is 10.5. The van der Waals surface area contributed by atoms with Gasteiger partial charge in [-0.05, 0) is 31.5 Å². The van der Waals surface area contributed by atoms with Crippen molar-refractivity contribution in [3.63, 3.8) is 0 Å². The van der Waals surface area contributed by atoms with Crippen LogP contribution in [0.2, 0.25) is 0 Å². The summed E-state index contributed by atoms with van der Waals surface area (Å²) in [6, 6.07) is 8.07. The van der Waals surface area contributed by atoms with E-state index in [-0.39, 0.29) is 5.54 Å². The monoisotopic (exact) mass is 309 g/mol. The standard InChI is InChI=1S/C13H16BrN3O/c1-13(2,15)8-12-16-11(17-18-12)7-9-3-5-10(14)6-4-9/h3-6H,7-8,15H2,1-2H3. The fourth-order valence-electron chi connectivity index (χ4n) is 1.61. The van der Waals surface area contributed by atoms with E-state index in [1.165, 1.54) is 0 Å². The zero-order valence-corrected chi connectivity index (χ0v) is 12.1. The third-order valence-corrected chi connectivity index (χ3v) is 2.92. The second kappa shape index (κ2) is 5.20. The molecule has 4 nitrogen and oxygen atoms in total. The molecule has 0 fully saturated rings. The summed E-state index contributed by atoms with van der Waals surface area (Å²) in [4.78, 5) is 4.34. The first-order valence-electron chi connectivity index (χ1n) is 5.77. The molecule has 2 rings (SSSR count). The summed E-state index contributed by atoms with van der Waals surface area (Å²) in [7, 11) is 0. The van der Waals surface area contributed by atoms with Gasteiger partial charge >= 0.3 is 0 Å². The normalized spacial score (nSPS) is 11.8. The van der Waals surface area contributed by atoms with Gasteiger partial charge in [-0.3, -0.25) is 0 Å². The number of nitrogens with two attached hydrogens (primary N) is 1. The van der Waals surface area contributed by atoms with E-state index in [2.05, 4.69) is 26.1 Å². The molecular weight excluding hydrogens is 294 g/mol. The Kier molecular flexibility index (Phi) is 3.82. The highest BCUT2D eigenvalue weighted by Gasteiger charge is 2.17. The van der Waals surface area contributed by atoms with Crippen LogP contribution in [0.4, 0.5) is 0 Å². The Morgan fingerprint density at radius 2 is 1.94 bits per heavy atom. The van der Waals surface area contributed by atoms with E-state index in [1.54, 1.807) is 0 Å². The molecule has 0 amide bonds. The molecule has 96 valence electrons. The highest BCUT2D eigenvalue weighted by Crippen LogP contribution is 2.14. The number of nitrogens with zero attached hydrogens (tertiary/aromatic N) is 2. The van der Waals surface area contributed by atoms with Crippen LogP contribution in [-0.4, -0.2) is 15.7 Å². The maximum atomic E-state index is 5.91. The van der Waals surface area contributed by atoms with Gasteiger partial charge in [0.15, 0.2) is 5.82 Å². The molecule has 0 aliphatic rings. The Labute approximate surface area is 115 Å². The molecule has 0 aliphatic carbocycles. The summed E-state index contributed by atoms with van der Waals surface area (Å²) in [5, 5.41) is 3.96. The first kappa shape index (κ1) is 13.2. The maximum Gasteiger partial charge on any atom is 0.228 e. The van der Waals surface area contributed by atoms with Crippen molar-refractivity contribution in [2.24, 2.45) is 5.73 Å². The van der Waals surface area contributed by atoms with Crippen molar-refractivity contribution < 1.29 is 4.52 Å². The zero-order chi connectivity index (χ0) is 13.2. The fraction of sp³-hybridized carbons (Fsp3) is 0.385. The molecule has 0 atom stereocenters. The molecule has 1 heterocycles. The SMILES string of the molecule is CC(C)(N)Cc1nc(Cc2ccc(Br)cc2)no1. The third kappa shape index (κ3) is 3.92. The Hall–Kier alpha value is -1.20. The highest BCUT2D eigenvalue weighted by molar-refractivity contribution is 9.10. The molecule has 5 heteroatoms. The van der Waals surface area contributed by atoms with Crippen LogP contribution in [0, 0.1) is 0 Å². The Bertz CT molecular complexity index is 514. The summed E-state index contributed by atoms with van der Waals surface area (Å²) < 4.78 is 6.25. The van der Waals surface area contributed by atoms with Crippen molar-refractivity contribution in [1.29, 1.82) is 0 Å². The summed E-state index contributed by atoms with van der Waals surface area (Å²) in [6.45, 7) is 3.87. The van der Waals surface area contributed by atoms with Gasteiger partial charge in [0, 0.05) is 22.9 Å². The lowest BCUT2D eigenvalue weighted by Gasteiger charge is -2.14. The van der Waals surface area contributed by atoms with Crippen molar-refractivity contribution in [1.82, 2.24) is 10.1 Å². The Morgan fingerprint density at radius 1 is 1.28 bits per heavy atom. The number of halogens is 1. The van der Waals surface area contributed by atoms with Crippen LogP contribution in [0.5, 0.6) is 0 Å². The van der Waals surface area contributed by atoms with Gasteiger partial charge in [-0.2, -0.15) is 4.98 Å². The van der Waals surface area contributed by atoms with Crippen LogP contribution in [0.3, 0.4) is 0 Å². The summed E-state index contributed by atoms with van der Waals surface area (Å²) >= 11 is 3.40. The molecule has 18 heavy (non-hydrogen) atoms. The number of rotatable bonds is 4. The molecule has 0 unspecified atom stereocenters. The van der Waals surface area contributed by atoms with Gasteiger partial charge in [0.05, 0.1) is 0 Å². The summed E-state index contributed by atoms with van der Waals surface area (Å²) in [5.41, 5.74) is 6.73. The number of hydrogen-bond acceptors (Lipinski definition) is 4. The molecule has 0 radical (unpaired) electrons. The van der Waals surface area contributed by atoms with Crippen molar-refractivity contribution in [2.45, 2.75) is 32.2 Å². The van der Waals surface area contributed by atoms with Gasteiger partial charge in [-0.1, -0.05) is 33.2 Å². The molecule has 0 saturated heterocycles. The Morgan fingerprint density at radius 3 is 2.56 bits per heavy atom. The lowest BCUT2D eigenvalue weighted by molar-refractivity contribution is 0.345. The van der Waals surface area contributed by atoms with E-state index in [9.17, 15) is 0 Å².